The maximum atomic E-state index is 15.7. The molecule has 3 aromatic heterocycles. The van der Waals surface area contributed by atoms with E-state index >= 15 is 8.78 Å². The van der Waals surface area contributed by atoms with E-state index < -0.39 is 28.9 Å². The SMILES string of the molecule is CC(Cc1cccc([C@@]2(C)CCCC(C)(C)CSCCc3c(c(F)c(F)c4[nH]ccc34)Sc3ccnc(c3)-c3nc2nn3C)c1)C(=O)O. The molecule has 11 heteroatoms. The Morgan fingerprint density at radius 3 is 2.73 bits per heavy atom. The molecule has 7 nitrogen and oxygen atoms in total. The van der Waals surface area contributed by atoms with E-state index in [0.29, 0.717) is 40.5 Å². The summed E-state index contributed by atoms with van der Waals surface area (Å²) in [6, 6.07) is 13.6. The Labute approximate surface area is 288 Å². The Kier molecular flexibility index (Phi) is 9.73. The van der Waals surface area contributed by atoms with Crippen molar-refractivity contribution in [1.29, 1.82) is 0 Å². The highest BCUT2D eigenvalue weighted by atomic mass is 32.2. The van der Waals surface area contributed by atoms with E-state index in [1.54, 1.807) is 30.1 Å². The van der Waals surface area contributed by atoms with Crippen LogP contribution in [0.3, 0.4) is 0 Å². The first kappa shape index (κ1) is 34.2. The van der Waals surface area contributed by atoms with Crippen LogP contribution in [0.4, 0.5) is 8.78 Å². The van der Waals surface area contributed by atoms with Crippen molar-refractivity contribution in [3.05, 3.63) is 89.0 Å². The third kappa shape index (κ3) is 6.89. The minimum Gasteiger partial charge on any atom is -0.481 e. The molecule has 1 aliphatic rings. The number of nitrogens with zero attached hydrogens (tertiary/aromatic N) is 4. The number of hydrogen-bond donors (Lipinski definition) is 2. The van der Waals surface area contributed by atoms with E-state index in [1.807, 2.05) is 43.1 Å². The number of H-pyrrole nitrogens is 1. The molecule has 5 aromatic rings. The first-order valence-electron chi connectivity index (χ1n) is 16.3. The van der Waals surface area contributed by atoms with E-state index in [1.165, 1.54) is 11.8 Å². The molecular formula is C37H41F2N5O2S2. The highest BCUT2D eigenvalue weighted by Gasteiger charge is 2.35. The summed E-state index contributed by atoms with van der Waals surface area (Å²) in [4.78, 5) is 25.2. The number of carbonyl (C=O) groups is 1. The molecule has 0 spiro atoms. The molecule has 2 atom stereocenters. The van der Waals surface area contributed by atoms with Gasteiger partial charge in [0.25, 0.3) is 0 Å². The topological polar surface area (TPSA) is 96.7 Å². The summed E-state index contributed by atoms with van der Waals surface area (Å²) in [6.07, 6.45) is 7.07. The molecule has 0 radical (unpaired) electrons. The number of benzene rings is 2. The molecule has 0 fully saturated rings. The van der Waals surface area contributed by atoms with Crippen LogP contribution >= 0.6 is 23.5 Å². The number of hydrogen-bond acceptors (Lipinski definition) is 6. The molecule has 1 aliphatic heterocycles. The van der Waals surface area contributed by atoms with Gasteiger partial charge in [0.15, 0.2) is 23.3 Å². The van der Waals surface area contributed by atoms with Crippen LogP contribution in [-0.4, -0.2) is 47.3 Å². The number of carboxylic acid groups (broad SMARTS) is 1. The molecular weight excluding hydrogens is 649 g/mol. The summed E-state index contributed by atoms with van der Waals surface area (Å²) in [5.41, 5.74) is 3.07. The lowest BCUT2D eigenvalue weighted by Crippen LogP contribution is -2.27. The van der Waals surface area contributed by atoms with Crippen LogP contribution in [0.15, 0.2) is 64.6 Å². The number of aryl methyl sites for hydroxylation is 2. The lowest BCUT2D eigenvalue weighted by Gasteiger charge is -2.31. The molecule has 1 unspecified atom stereocenters. The minimum absolute atomic E-state index is 0.0366. The minimum atomic E-state index is -0.870. The van der Waals surface area contributed by atoms with E-state index in [-0.39, 0.29) is 10.9 Å². The van der Waals surface area contributed by atoms with Crippen LogP contribution in [0.25, 0.3) is 22.4 Å². The standard InChI is InChI=1S/C37H41F2N5O2S2/c1-22(34(45)46)18-23-8-6-9-24(19-23)37(4)14-7-13-36(2,3)21-47-17-12-27-26-11-16-41-31(26)29(38)30(39)32(27)48-25-10-15-40-28(20-25)33-42-35(37)43-44(33)5/h6,8-11,15-16,19-20,22,41H,7,12-14,17-18,21H2,1-5H3,(H,45,46)/t22?,37-/m1/s1. The highest BCUT2D eigenvalue weighted by Crippen LogP contribution is 2.42. The molecule has 2 aromatic carbocycles. The Morgan fingerprint density at radius 1 is 1.12 bits per heavy atom. The number of halogens is 2. The van der Waals surface area contributed by atoms with E-state index in [2.05, 4.69) is 42.9 Å². The summed E-state index contributed by atoms with van der Waals surface area (Å²) in [7, 11) is 1.84. The average molecular weight is 690 g/mol. The van der Waals surface area contributed by atoms with Crippen molar-refractivity contribution < 1.29 is 18.7 Å². The predicted octanol–water partition coefficient (Wildman–Crippen LogP) is 8.84. The quantitative estimate of drug-likeness (QED) is 0.195. The molecule has 0 saturated carbocycles. The van der Waals surface area contributed by atoms with Gasteiger partial charge in [0.1, 0.15) is 5.69 Å². The first-order valence-corrected chi connectivity index (χ1v) is 18.3. The maximum Gasteiger partial charge on any atom is 0.306 e. The molecule has 0 aliphatic carbocycles. The predicted molar refractivity (Wildman–Crippen MR) is 189 cm³/mol. The number of aliphatic carboxylic acids is 1. The van der Waals surface area contributed by atoms with Crippen molar-refractivity contribution in [2.45, 2.75) is 75.0 Å². The van der Waals surface area contributed by atoms with E-state index in [9.17, 15) is 9.90 Å². The summed E-state index contributed by atoms with van der Waals surface area (Å²) >= 11 is 3.05. The third-order valence-corrected chi connectivity index (χ3v) is 12.0. The average Bonchev–Trinajstić information content (AvgIpc) is 3.70. The van der Waals surface area contributed by atoms with Crippen molar-refractivity contribution >= 4 is 40.4 Å². The van der Waals surface area contributed by atoms with Gasteiger partial charge in [-0.2, -0.15) is 16.9 Å². The Hall–Kier alpha value is -3.70. The zero-order valence-electron chi connectivity index (χ0n) is 27.9. The second-order valence-corrected chi connectivity index (χ2v) is 16.0. The van der Waals surface area contributed by atoms with Crippen molar-refractivity contribution in [2.75, 3.05) is 11.5 Å². The Bertz CT molecular complexity index is 1970. The van der Waals surface area contributed by atoms with Gasteiger partial charge in [0.05, 0.1) is 21.7 Å². The van der Waals surface area contributed by atoms with Crippen molar-refractivity contribution in [2.24, 2.45) is 18.4 Å². The first-order chi connectivity index (χ1) is 22.9. The summed E-state index contributed by atoms with van der Waals surface area (Å²) in [5, 5.41) is 15.2. The molecule has 0 saturated heterocycles. The second kappa shape index (κ2) is 13.7. The van der Waals surface area contributed by atoms with Gasteiger partial charge in [-0.1, -0.05) is 63.2 Å². The monoisotopic (exact) mass is 689 g/mol. The number of carboxylic acids is 1. The summed E-state index contributed by atoms with van der Waals surface area (Å²) in [5.74, 6) is -0.106. The number of aromatic nitrogens is 5. The van der Waals surface area contributed by atoms with Crippen molar-refractivity contribution in [3.8, 4) is 11.5 Å². The van der Waals surface area contributed by atoms with Gasteiger partial charge >= 0.3 is 5.97 Å². The van der Waals surface area contributed by atoms with Gasteiger partial charge in [0, 0.05) is 29.7 Å². The van der Waals surface area contributed by atoms with Gasteiger partial charge in [-0.3, -0.25) is 9.78 Å². The number of fused-ring (bicyclic) bond motifs is 8. The molecule has 4 bridgehead atoms. The molecule has 252 valence electrons. The third-order valence-electron chi connectivity index (χ3n) is 9.44. The summed E-state index contributed by atoms with van der Waals surface area (Å²) < 4.78 is 32.7. The number of aromatic amines is 1. The summed E-state index contributed by atoms with van der Waals surface area (Å²) in [6.45, 7) is 8.45. The lowest BCUT2D eigenvalue weighted by molar-refractivity contribution is -0.141. The Morgan fingerprint density at radius 2 is 1.94 bits per heavy atom. The fraction of sp³-hybridized carbons (Fsp3) is 0.405. The van der Waals surface area contributed by atoms with Gasteiger partial charge in [-0.05, 0) is 84.4 Å². The van der Waals surface area contributed by atoms with Crippen LogP contribution in [-0.2, 0) is 30.1 Å². The number of nitrogens with one attached hydrogen (secondary N) is 1. The van der Waals surface area contributed by atoms with Gasteiger partial charge in [-0.15, -0.1) is 0 Å². The van der Waals surface area contributed by atoms with Gasteiger partial charge in [0.2, 0.25) is 0 Å². The van der Waals surface area contributed by atoms with Gasteiger partial charge < -0.3 is 10.1 Å². The lowest BCUT2D eigenvalue weighted by atomic mass is 9.75. The van der Waals surface area contributed by atoms with E-state index in [0.717, 1.165) is 52.4 Å². The van der Waals surface area contributed by atoms with Gasteiger partial charge in [-0.25, -0.2) is 18.4 Å². The van der Waals surface area contributed by atoms with Crippen molar-refractivity contribution in [1.82, 2.24) is 24.7 Å². The number of thioether (sulfide) groups is 1. The Balaban J connectivity index is 1.45. The highest BCUT2D eigenvalue weighted by molar-refractivity contribution is 7.99. The zero-order chi connectivity index (χ0) is 34.2. The number of pyridine rings is 1. The fourth-order valence-corrected chi connectivity index (χ4v) is 8.80. The maximum absolute atomic E-state index is 15.7. The second-order valence-electron chi connectivity index (χ2n) is 13.9. The van der Waals surface area contributed by atoms with E-state index in [4.69, 9.17) is 10.1 Å². The molecule has 2 N–H and O–H groups in total. The molecule has 4 heterocycles. The largest absolute Gasteiger partial charge is 0.481 e. The van der Waals surface area contributed by atoms with Crippen LogP contribution in [0, 0.1) is 23.0 Å². The van der Waals surface area contributed by atoms with Crippen molar-refractivity contribution in [3.63, 3.8) is 0 Å². The van der Waals surface area contributed by atoms with Crippen LogP contribution < -0.4 is 0 Å². The molecule has 6 rings (SSSR count). The van der Waals surface area contributed by atoms with Crippen LogP contribution in [0.1, 0.15) is 69.5 Å². The molecule has 0 amide bonds. The van der Waals surface area contributed by atoms with Crippen LogP contribution in [0.5, 0.6) is 0 Å². The molecule has 48 heavy (non-hydrogen) atoms. The van der Waals surface area contributed by atoms with Crippen LogP contribution in [0.2, 0.25) is 0 Å². The fourth-order valence-electron chi connectivity index (χ4n) is 6.56. The zero-order valence-corrected chi connectivity index (χ0v) is 29.6. The normalized spacial score (nSPS) is 19.3. The number of rotatable bonds is 4. The smallest absolute Gasteiger partial charge is 0.306 e.